The van der Waals surface area contributed by atoms with E-state index in [4.69, 9.17) is 4.74 Å². The van der Waals surface area contributed by atoms with E-state index in [0.717, 1.165) is 43.9 Å². The first-order valence-corrected chi connectivity index (χ1v) is 10.2. The molecule has 29 heavy (non-hydrogen) atoms. The molecule has 2 aromatic rings. The van der Waals surface area contributed by atoms with E-state index in [-0.39, 0.29) is 5.91 Å². The number of likely N-dealkylation sites (tertiary alicyclic amines) is 1. The highest BCUT2D eigenvalue weighted by molar-refractivity contribution is 5.72. The molecule has 1 aliphatic rings. The van der Waals surface area contributed by atoms with Gasteiger partial charge in [-0.25, -0.2) is 0 Å². The lowest BCUT2D eigenvalue weighted by atomic mass is 9.90. The fourth-order valence-corrected chi connectivity index (χ4v) is 4.17. The van der Waals surface area contributed by atoms with Gasteiger partial charge in [0.15, 0.2) is 0 Å². The van der Waals surface area contributed by atoms with E-state index in [0.29, 0.717) is 18.5 Å². The molecule has 0 bridgehead atoms. The van der Waals surface area contributed by atoms with E-state index in [9.17, 15) is 4.79 Å². The molecular weight excluding hydrogens is 366 g/mol. The van der Waals surface area contributed by atoms with E-state index in [2.05, 4.69) is 52.5 Å². The van der Waals surface area contributed by atoms with E-state index in [1.807, 2.05) is 16.9 Å². The molecule has 0 aliphatic carbocycles. The van der Waals surface area contributed by atoms with Crippen molar-refractivity contribution in [1.82, 2.24) is 24.9 Å². The van der Waals surface area contributed by atoms with Crippen LogP contribution in [0.3, 0.4) is 0 Å². The highest BCUT2D eigenvalue weighted by atomic mass is 16.5. The van der Waals surface area contributed by atoms with Gasteiger partial charge >= 0.3 is 0 Å². The number of ether oxygens (including phenoxy) is 1. The molecule has 158 valence electrons. The van der Waals surface area contributed by atoms with Crippen LogP contribution in [0.4, 0.5) is 0 Å². The predicted octanol–water partition coefficient (Wildman–Crippen LogP) is 1.83. The van der Waals surface area contributed by atoms with Crippen LogP contribution in [-0.4, -0.2) is 72.4 Å². The third-order valence-electron chi connectivity index (χ3n) is 5.72. The van der Waals surface area contributed by atoms with Crippen molar-refractivity contribution < 1.29 is 9.53 Å². The Morgan fingerprint density at radius 1 is 1.34 bits per heavy atom. The summed E-state index contributed by atoms with van der Waals surface area (Å²) in [5.74, 6) is 1.42. The summed E-state index contributed by atoms with van der Waals surface area (Å²) in [7, 11) is 5.97. The maximum absolute atomic E-state index is 11.3. The number of benzene rings is 1. The summed E-state index contributed by atoms with van der Waals surface area (Å²) < 4.78 is 7.47. The standard InChI is InChI=1S/C22H33N5O2/c1-17(28)23-13-19-8-11-26(16-21(19)25(2)3)14-18-6-7-22(29-4)20(12-18)15-27-10-5-9-24-27/h5-7,9-10,12,19,21H,8,11,13-16H2,1-4H3,(H,23,28)/t19-,21-/m1/s1. The number of methoxy groups -OCH3 is 1. The van der Waals surface area contributed by atoms with Crippen molar-refractivity contribution in [2.45, 2.75) is 32.5 Å². The molecule has 1 saturated heterocycles. The number of carbonyl (C=O) groups excluding carboxylic acids is 1. The Hall–Kier alpha value is -2.38. The molecular formula is C22H33N5O2. The third kappa shape index (κ3) is 5.81. The average molecular weight is 400 g/mol. The minimum atomic E-state index is 0.0490. The summed E-state index contributed by atoms with van der Waals surface area (Å²) in [6.45, 7) is 5.98. The lowest BCUT2D eigenvalue weighted by Gasteiger charge is -2.42. The molecule has 1 aromatic heterocycles. The van der Waals surface area contributed by atoms with Crippen LogP contribution < -0.4 is 10.1 Å². The van der Waals surface area contributed by atoms with Gasteiger partial charge in [-0.2, -0.15) is 5.10 Å². The first kappa shape index (κ1) is 21.3. The number of nitrogens with zero attached hydrogens (tertiary/aromatic N) is 4. The summed E-state index contributed by atoms with van der Waals surface area (Å²) in [5, 5.41) is 7.31. The molecule has 0 spiro atoms. The molecule has 1 aromatic carbocycles. The van der Waals surface area contributed by atoms with Crippen LogP contribution in [0, 0.1) is 5.92 Å². The highest BCUT2D eigenvalue weighted by Gasteiger charge is 2.30. The SMILES string of the molecule is COc1ccc(CN2CC[C@H](CNC(C)=O)[C@H](N(C)C)C2)cc1Cn1cccn1. The van der Waals surface area contributed by atoms with Gasteiger partial charge in [-0.05, 0) is 56.7 Å². The van der Waals surface area contributed by atoms with Gasteiger partial charge in [0.1, 0.15) is 5.75 Å². The van der Waals surface area contributed by atoms with Gasteiger partial charge in [0.2, 0.25) is 5.91 Å². The molecule has 0 unspecified atom stereocenters. The zero-order valence-electron chi connectivity index (χ0n) is 18.0. The summed E-state index contributed by atoms with van der Waals surface area (Å²) in [4.78, 5) is 16.1. The second-order valence-corrected chi connectivity index (χ2v) is 8.10. The first-order chi connectivity index (χ1) is 14.0. The van der Waals surface area contributed by atoms with Crippen molar-refractivity contribution in [3.8, 4) is 5.75 Å². The minimum Gasteiger partial charge on any atom is -0.496 e. The second-order valence-electron chi connectivity index (χ2n) is 8.10. The van der Waals surface area contributed by atoms with E-state index in [1.54, 1.807) is 20.2 Å². The third-order valence-corrected chi connectivity index (χ3v) is 5.72. The van der Waals surface area contributed by atoms with Gasteiger partial charge in [0.05, 0.1) is 13.7 Å². The Bertz CT molecular complexity index is 791. The summed E-state index contributed by atoms with van der Waals surface area (Å²) >= 11 is 0. The van der Waals surface area contributed by atoms with E-state index in [1.165, 1.54) is 5.56 Å². The van der Waals surface area contributed by atoms with Gasteiger partial charge in [0.25, 0.3) is 0 Å². The molecule has 1 N–H and O–H groups in total. The average Bonchev–Trinajstić information content (AvgIpc) is 3.20. The van der Waals surface area contributed by atoms with Gasteiger partial charge < -0.3 is 15.0 Å². The largest absolute Gasteiger partial charge is 0.496 e. The van der Waals surface area contributed by atoms with Crippen LogP contribution in [0.5, 0.6) is 5.75 Å². The van der Waals surface area contributed by atoms with Gasteiger partial charge in [0, 0.05) is 50.6 Å². The summed E-state index contributed by atoms with van der Waals surface area (Å²) in [6.07, 6.45) is 4.84. The molecule has 0 saturated carbocycles. The highest BCUT2D eigenvalue weighted by Crippen LogP contribution is 2.25. The smallest absolute Gasteiger partial charge is 0.216 e. The van der Waals surface area contributed by atoms with Crippen LogP contribution in [0.1, 0.15) is 24.5 Å². The number of hydrogen-bond acceptors (Lipinski definition) is 5. The Kier molecular flexibility index (Phi) is 7.28. The van der Waals surface area contributed by atoms with Crippen molar-refractivity contribution in [3.63, 3.8) is 0 Å². The van der Waals surface area contributed by atoms with E-state index < -0.39 is 0 Å². The van der Waals surface area contributed by atoms with Crippen molar-refractivity contribution in [2.75, 3.05) is 40.8 Å². The number of amides is 1. The van der Waals surface area contributed by atoms with Gasteiger partial charge in [-0.15, -0.1) is 0 Å². The molecule has 1 aliphatic heterocycles. The normalized spacial score (nSPS) is 20.0. The van der Waals surface area contributed by atoms with Crippen LogP contribution in [0.2, 0.25) is 0 Å². The van der Waals surface area contributed by atoms with Crippen LogP contribution in [-0.2, 0) is 17.9 Å². The van der Waals surface area contributed by atoms with Crippen LogP contribution >= 0.6 is 0 Å². The second kappa shape index (κ2) is 9.89. The maximum atomic E-state index is 11.3. The molecule has 1 amide bonds. The van der Waals surface area contributed by atoms with Crippen molar-refractivity contribution in [1.29, 1.82) is 0 Å². The molecule has 1 fully saturated rings. The molecule has 2 atom stereocenters. The van der Waals surface area contributed by atoms with Crippen LogP contribution in [0.25, 0.3) is 0 Å². The van der Waals surface area contributed by atoms with Gasteiger partial charge in [-0.1, -0.05) is 6.07 Å². The minimum absolute atomic E-state index is 0.0490. The Labute approximate surface area is 173 Å². The molecule has 2 heterocycles. The number of likely N-dealkylation sites (N-methyl/N-ethyl adjacent to an activating group) is 1. The molecule has 7 heteroatoms. The van der Waals surface area contributed by atoms with E-state index >= 15 is 0 Å². The Morgan fingerprint density at radius 2 is 2.17 bits per heavy atom. The quantitative estimate of drug-likeness (QED) is 0.734. The number of nitrogens with one attached hydrogen (secondary N) is 1. The number of carbonyl (C=O) groups is 1. The number of piperidine rings is 1. The summed E-state index contributed by atoms with van der Waals surface area (Å²) in [5.41, 5.74) is 2.42. The monoisotopic (exact) mass is 399 g/mol. The lowest BCUT2D eigenvalue weighted by Crippen LogP contribution is -2.52. The maximum Gasteiger partial charge on any atom is 0.216 e. The number of hydrogen-bond donors (Lipinski definition) is 1. The number of rotatable bonds is 8. The molecule has 3 rings (SSSR count). The van der Waals surface area contributed by atoms with Crippen LogP contribution in [0.15, 0.2) is 36.7 Å². The Morgan fingerprint density at radius 3 is 2.83 bits per heavy atom. The topological polar surface area (TPSA) is 62.6 Å². The summed E-state index contributed by atoms with van der Waals surface area (Å²) in [6, 6.07) is 8.80. The fraction of sp³-hybridized carbons (Fsp3) is 0.545. The zero-order valence-corrected chi connectivity index (χ0v) is 18.0. The zero-order chi connectivity index (χ0) is 20.8. The number of aromatic nitrogens is 2. The first-order valence-electron chi connectivity index (χ1n) is 10.2. The van der Waals surface area contributed by atoms with Crippen molar-refractivity contribution in [3.05, 3.63) is 47.8 Å². The lowest BCUT2D eigenvalue weighted by molar-refractivity contribution is -0.119. The van der Waals surface area contributed by atoms with Crippen molar-refractivity contribution >= 4 is 5.91 Å². The van der Waals surface area contributed by atoms with Crippen molar-refractivity contribution in [2.24, 2.45) is 5.92 Å². The fourth-order valence-electron chi connectivity index (χ4n) is 4.17. The molecule has 0 radical (unpaired) electrons. The molecule has 7 nitrogen and oxygen atoms in total. The van der Waals surface area contributed by atoms with Gasteiger partial charge in [-0.3, -0.25) is 14.4 Å². The predicted molar refractivity (Wildman–Crippen MR) is 114 cm³/mol. The Balaban J connectivity index is 1.67.